The van der Waals surface area contributed by atoms with E-state index in [0.717, 1.165) is 6.07 Å². The second kappa shape index (κ2) is 3.98. The van der Waals surface area contributed by atoms with Gasteiger partial charge in [-0.2, -0.15) is 0 Å². The van der Waals surface area contributed by atoms with Gasteiger partial charge >= 0.3 is 0 Å². The summed E-state index contributed by atoms with van der Waals surface area (Å²) in [5.74, 6) is -1.03. The lowest BCUT2D eigenvalue weighted by atomic mass is 10.0. The lowest BCUT2D eigenvalue weighted by Gasteiger charge is -2.05. The summed E-state index contributed by atoms with van der Waals surface area (Å²) < 4.78 is 31.8. The SMILES string of the molecule is NC/C=C/c1c(F)cc(F)c2c1CCO2. The summed E-state index contributed by atoms with van der Waals surface area (Å²) >= 11 is 0. The first-order valence-electron chi connectivity index (χ1n) is 4.74. The third-order valence-corrected chi connectivity index (χ3v) is 2.35. The topological polar surface area (TPSA) is 35.2 Å². The molecule has 0 spiro atoms. The highest BCUT2D eigenvalue weighted by Crippen LogP contribution is 2.33. The van der Waals surface area contributed by atoms with Gasteiger partial charge in [-0.05, 0) is 0 Å². The molecule has 0 aromatic heterocycles. The van der Waals surface area contributed by atoms with Gasteiger partial charge in [0.05, 0.1) is 6.61 Å². The Hall–Kier alpha value is -1.42. The molecule has 80 valence electrons. The van der Waals surface area contributed by atoms with Crippen LogP contribution in [0.1, 0.15) is 11.1 Å². The normalized spacial score (nSPS) is 14.3. The fourth-order valence-electron chi connectivity index (χ4n) is 1.69. The molecule has 0 saturated heterocycles. The summed E-state index contributed by atoms with van der Waals surface area (Å²) in [6.07, 6.45) is 3.74. The van der Waals surface area contributed by atoms with Crippen molar-refractivity contribution in [2.45, 2.75) is 6.42 Å². The van der Waals surface area contributed by atoms with Gasteiger partial charge in [0.2, 0.25) is 0 Å². The van der Waals surface area contributed by atoms with Gasteiger partial charge in [0.25, 0.3) is 0 Å². The number of hydrogen-bond donors (Lipinski definition) is 1. The molecule has 0 aliphatic carbocycles. The van der Waals surface area contributed by atoms with Crippen LogP contribution in [0.4, 0.5) is 8.78 Å². The van der Waals surface area contributed by atoms with Gasteiger partial charge in [0, 0.05) is 30.2 Å². The zero-order valence-electron chi connectivity index (χ0n) is 8.09. The predicted molar refractivity (Wildman–Crippen MR) is 53.6 cm³/mol. The minimum Gasteiger partial charge on any atom is -0.490 e. The van der Waals surface area contributed by atoms with Crippen molar-refractivity contribution in [3.8, 4) is 5.75 Å². The highest BCUT2D eigenvalue weighted by Gasteiger charge is 2.22. The third-order valence-electron chi connectivity index (χ3n) is 2.35. The maximum atomic E-state index is 13.4. The third kappa shape index (κ3) is 1.72. The molecule has 0 fully saturated rings. The van der Waals surface area contributed by atoms with Crippen molar-refractivity contribution in [3.05, 3.63) is 34.9 Å². The van der Waals surface area contributed by atoms with Gasteiger partial charge in [0.15, 0.2) is 11.6 Å². The molecular weight excluding hydrogens is 200 g/mol. The van der Waals surface area contributed by atoms with Gasteiger partial charge < -0.3 is 10.5 Å². The fraction of sp³-hybridized carbons (Fsp3) is 0.273. The first-order valence-corrected chi connectivity index (χ1v) is 4.74. The molecule has 0 amide bonds. The van der Waals surface area contributed by atoms with E-state index < -0.39 is 11.6 Å². The monoisotopic (exact) mass is 211 g/mol. The van der Waals surface area contributed by atoms with E-state index in [1.807, 2.05) is 0 Å². The van der Waals surface area contributed by atoms with E-state index in [9.17, 15) is 8.78 Å². The van der Waals surface area contributed by atoms with Gasteiger partial charge in [-0.25, -0.2) is 8.78 Å². The van der Waals surface area contributed by atoms with Crippen LogP contribution in [0.15, 0.2) is 12.1 Å². The Morgan fingerprint density at radius 2 is 2.20 bits per heavy atom. The van der Waals surface area contributed by atoms with Gasteiger partial charge in [0.1, 0.15) is 5.82 Å². The van der Waals surface area contributed by atoms with Crippen LogP contribution in [0.5, 0.6) is 5.75 Å². The average molecular weight is 211 g/mol. The Kier molecular flexibility index (Phi) is 2.68. The number of ether oxygens (including phenoxy) is 1. The maximum Gasteiger partial charge on any atom is 0.168 e. The predicted octanol–water partition coefficient (Wildman–Crippen LogP) is 1.87. The lowest BCUT2D eigenvalue weighted by Crippen LogP contribution is -1.96. The van der Waals surface area contributed by atoms with Crippen LogP contribution >= 0.6 is 0 Å². The van der Waals surface area contributed by atoms with Crippen LogP contribution in [0.3, 0.4) is 0 Å². The Morgan fingerprint density at radius 3 is 2.93 bits per heavy atom. The van der Waals surface area contributed by atoms with Crippen LogP contribution in [0.2, 0.25) is 0 Å². The molecule has 1 aromatic carbocycles. The van der Waals surface area contributed by atoms with Crippen LogP contribution in [0, 0.1) is 11.6 Å². The Balaban J connectivity index is 2.54. The van der Waals surface area contributed by atoms with Crippen molar-refractivity contribution >= 4 is 6.08 Å². The van der Waals surface area contributed by atoms with E-state index in [1.54, 1.807) is 12.2 Å². The molecule has 0 bridgehead atoms. The Bertz CT molecular complexity index is 416. The molecule has 15 heavy (non-hydrogen) atoms. The van der Waals surface area contributed by atoms with Crippen molar-refractivity contribution in [2.24, 2.45) is 5.73 Å². The van der Waals surface area contributed by atoms with Gasteiger partial charge in [-0.1, -0.05) is 12.2 Å². The number of hydrogen-bond acceptors (Lipinski definition) is 2. The first kappa shape index (κ1) is 10.1. The minimum atomic E-state index is -0.634. The van der Waals surface area contributed by atoms with Crippen LogP contribution < -0.4 is 10.5 Å². The number of benzene rings is 1. The molecular formula is C11H11F2NO. The molecule has 0 unspecified atom stereocenters. The zero-order chi connectivity index (χ0) is 10.8. The van der Waals surface area contributed by atoms with Crippen molar-refractivity contribution < 1.29 is 13.5 Å². The zero-order valence-corrected chi connectivity index (χ0v) is 8.09. The number of rotatable bonds is 2. The highest BCUT2D eigenvalue weighted by molar-refractivity contribution is 5.60. The Labute approximate surface area is 86.3 Å². The summed E-state index contributed by atoms with van der Waals surface area (Å²) in [6.45, 7) is 0.728. The fourth-order valence-corrected chi connectivity index (χ4v) is 1.69. The molecule has 1 aromatic rings. The average Bonchev–Trinajstić information content (AvgIpc) is 2.66. The van der Waals surface area contributed by atoms with Crippen LogP contribution in [-0.4, -0.2) is 13.2 Å². The van der Waals surface area contributed by atoms with E-state index in [-0.39, 0.29) is 5.75 Å². The standard InChI is InChI=1S/C11H11F2NO/c12-9-6-10(13)11-8(3-5-15-11)7(9)2-1-4-14/h1-2,6H,3-5,14H2/b2-1+. The lowest BCUT2D eigenvalue weighted by molar-refractivity contribution is 0.338. The second-order valence-corrected chi connectivity index (χ2v) is 3.30. The number of nitrogens with two attached hydrogens (primary N) is 1. The minimum absolute atomic E-state index is 0.174. The number of halogens is 2. The van der Waals surface area contributed by atoms with E-state index in [1.165, 1.54) is 0 Å². The molecule has 2 nitrogen and oxygen atoms in total. The number of fused-ring (bicyclic) bond motifs is 1. The van der Waals surface area contributed by atoms with E-state index in [4.69, 9.17) is 10.5 Å². The second-order valence-electron chi connectivity index (χ2n) is 3.30. The Morgan fingerprint density at radius 1 is 1.40 bits per heavy atom. The quantitative estimate of drug-likeness (QED) is 0.810. The largest absolute Gasteiger partial charge is 0.490 e. The molecule has 4 heteroatoms. The van der Waals surface area contributed by atoms with Crippen molar-refractivity contribution in [1.29, 1.82) is 0 Å². The van der Waals surface area contributed by atoms with Gasteiger partial charge in [-0.3, -0.25) is 0 Å². The maximum absolute atomic E-state index is 13.4. The summed E-state index contributed by atoms with van der Waals surface area (Å²) in [6, 6.07) is 0.848. The van der Waals surface area contributed by atoms with Gasteiger partial charge in [-0.15, -0.1) is 0 Å². The van der Waals surface area contributed by atoms with Crippen molar-refractivity contribution in [1.82, 2.24) is 0 Å². The van der Waals surface area contributed by atoms with Crippen LogP contribution in [-0.2, 0) is 6.42 Å². The summed E-state index contributed by atoms with van der Waals surface area (Å²) in [7, 11) is 0. The molecule has 1 aliphatic heterocycles. The van der Waals surface area contributed by atoms with Crippen molar-refractivity contribution in [3.63, 3.8) is 0 Å². The van der Waals surface area contributed by atoms with E-state index in [2.05, 4.69) is 0 Å². The molecule has 2 N–H and O–H groups in total. The molecule has 1 aliphatic rings. The smallest absolute Gasteiger partial charge is 0.168 e. The molecule has 0 saturated carbocycles. The first-order chi connectivity index (χ1) is 7.24. The highest BCUT2D eigenvalue weighted by atomic mass is 19.1. The van der Waals surface area contributed by atoms with Crippen LogP contribution in [0.25, 0.3) is 6.08 Å². The van der Waals surface area contributed by atoms with E-state index in [0.29, 0.717) is 30.7 Å². The van der Waals surface area contributed by atoms with E-state index >= 15 is 0 Å². The summed E-state index contributed by atoms with van der Waals surface area (Å²) in [4.78, 5) is 0. The molecule has 2 rings (SSSR count). The molecule has 0 radical (unpaired) electrons. The summed E-state index contributed by atoms with van der Waals surface area (Å²) in [5.41, 5.74) is 6.27. The molecule has 1 heterocycles. The van der Waals surface area contributed by atoms with Crippen molar-refractivity contribution in [2.75, 3.05) is 13.2 Å². The summed E-state index contributed by atoms with van der Waals surface area (Å²) in [5, 5.41) is 0. The molecule has 0 atom stereocenters.